The van der Waals surface area contributed by atoms with Crippen molar-refractivity contribution in [1.82, 2.24) is 0 Å². The highest BCUT2D eigenvalue weighted by Crippen LogP contribution is 2.14. The Morgan fingerprint density at radius 2 is 2.00 bits per heavy atom. The molecule has 0 saturated carbocycles. The maximum atomic E-state index is 13.0. The standard InChI is InChI=1S/C15H14F2O4/c1-9(2)15(20)21-6-5-11(14(18)19)7-10-3-4-12(16)13(17)8-10/h3-4,7-8H,1,5-6H2,2H3,(H,18,19). The van der Waals surface area contributed by atoms with E-state index in [-0.39, 0.29) is 29.7 Å². The molecule has 0 aliphatic heterocycles. The molecular weight excluding hydrogens is 282 g/mol. The number of esters is 1. The van der Waals surface area contributed by atoms with Gasteiger partial charge >= 0.3 is 11.9 Å². The van der Waals surface area contributed by atoms with Gasteiger partial charge in [-0.2, -0.15) is 0 Å². The van der Waals surface area contributed by atoms with Crippen LogP contribution in [0.15, 0.2) is 35.9 Å². The normalized spacial score (nSPS) is 11.1. The predicted octanol–water partition coefficient (Wildman–Crippen LogP) is 2.94. The van der Waals surface area contributed by atoms with E-state index in [1.807, 2.05) is 0 Å². The van der Waals surface area contributed by atoms with Crippen LogP contribution in [-0.2, 0) is 14.3 Å². The van der Waals surface area contributed by atoms with Crippen molar-refractivity contribution in [2.45, 2.75) is 13.3 Å². The fourth-order valence-corrected chi connectivity index (χ4v) is 1.42. The van der Waals surface area contributed by atoms with Crippen molar-refractivity contribution < 1.29 is 28.2 Å². The van der Waals surface area contributed by atoms with Crippen LogP contribution in [0.2, 0.25) is 0 Å². The summed E-state index contributed by atoms with van der Waals surface area (Å²) in [5, 5.41) is 9.04. The Balaban J connectivity index is 2.79. The van der Waals surface area contributed by atoms with Gasteiger partial charge in [-0.15, -0.1) is 0 Å². The van der Waals surface area contributed by atoms with Gasteiger partial charge in [0.2, 0.25) is 0 Å². The van der Waals surface area contributed by atoms with Gasteiger partial charge in [0.05, 0.1) is 6.61 Å². The summed E-state index contributed by atoms with van der Waals surface area (Å²) in [7, 11) is 0. The zero-order chi connectivity index (χ0) is 16.0. The topological polar surface area (TPSA) is 63.6 Å². The number of halogens is 2. The second-order valence-electron chi connectivity index (χ2n) is 4.31. The summed E-state index contributed by atoms with van der Waals surface area (Å²) in [6.45, 7) is 4.72. The lowest BCUT2D eigenvalue weighted by atomic mass is 10.1. The van der Waals surface area contributed by atoms with Gasteiger partial charge in [-0.25, -0.2) is 18.4 Å². The van der Waals surface area contributed by atoms with E-state index in [9.17, 15) is 18.4 Å². The van der Waals surface area contributed by atoms with Gasteiger partial charge in [0.15, 0.2) is 11.6 Å². The van der Waals surface area contributed by atoms with E-state index in [2.05, 4.69) is 6.58 Å². The number of hydrogen-bond acceptors (Lipinski definition) is 3. The third-order valence-electron chi connectivity index (χ3n) is 2.51. The van der Waals surface area contributed by atoms with Gasteiger partial charge in [0.25, 0.3) is 0 Å². The molecule has 21 heavy (non-hydrogen) atoms. The van der Waals surface area contributed by atoms with Crippen molar-refractivity contribution in [2.24, 2.45) is 0 Å². The number of ether oxygens (including phenoxy) is 1. The molecule has 0 radical (unpaired) electrons. The Labute approximate surface area is 120 Å². The second-order valence-corrected chi connectivity index (χ2v) is 4.31. The van der Waals surface area contributed by atoms with E-state index in [4.69, 9.17) is 9.84 Å². The van der Waals surface area contributed by atoms with E-state index < -0.39 is 23.6 Å². The average Bonchev–Trinajstić information content (AvgIpc) is 2.41. The summed E-state index contributed by atoms with van der Waals surface area (Å²) >= 11 is 0. The third-order valence-corrected chi connectivity index (χ3v) is 2.51. The van der Waals surface area contributed by atoms with Gasteiger partial charge in [0, 0.05) is 17.6 Å². The maximum Gasteiger partial charge on any atom is 0.333 e. The van der Waals surface area contributed by atoms with Crippen LogP contribution in [0.25, 0.3) is 6.08 Å². The van der Waals surface area contributed by atoms with Crippen LogP contribution >= 0.6 is 0 Å². The average molecular weight is 296 g/mol. The molecule has 0 unspecified atom stereocenters. The van der Waals surface area contributed by atoms with Crippen LogP contribution in [0.5, 0.6) is 0 Å². The summed E-state index contributed by atoms with van der Waals surface area (Å²) in [6.07, 6.45) is 1.13. The smallest absolute Gasteiger partial charge is 0.333 e. The highest BCUT2D eigenvalue weighted by Gasteiger charge is 2.10. The van der Waals surface area contributed by atoms with Crippen LogP contribution in [0.3, 0.4) is 0 Å². The number of carboxylic acids is 1. The fraction of sp³-hybridized carbons (Fsp3) is 0.200. The number of aliphatic carboxylic acids is 1. The minimum Gasteiger partial charge on any atom is -0.478 e. The lowest BCUT2D eigenvalue weighted by Gasteiger charge is -2.05. The maximum absolute atomic E-state index is 13.0. The van der Waals surface area contributed by atoms with Crippen molar-refractivity contribution in [3.05, 3.63) is 53.1 Å². The Morgan fingerprint density at radius 1 is 1.33 bits per heavy atom. The first-order valence-corrected chi connectivity index (χ1v) is 6.03. The molecular formula is C15H14F2O4. The van der Waals surface area contributed by atoms with Crippen molar-refractivity contribution in [2.75, 3.05) is 6.61 Å². The molecule has 112 valence electrons. The first-order chi connectivity index (χ1) is 9.81. The summed E-state index contributed by atoms with van der Waals surface area (Å²) in [6, 6.07) is 3.04. The molecule has 0 aliphatic carbocycles. The van der Waals surface area contributed by atoms with Gasteiger partial charge < -0.3 is 9.84 Å². The lowest BCUT2D eigenvalue weighted by molar-refractivity contribution is -0.139. The van der Waals surface area contributed by atoms with Crippen LogP contribution in [-0.4, -0.2) is 23.7 Å². The second kappa shape index (κ2) is 7.33. The van der Waals surface area contributed by atoms with Crippen LogP contribution in [0, 0.1) is 11.6 Å². The fourth-order valence-electron chi connectivity index (χ4n) is 1.42. The number of hydrogen-bond donors (Lipinski definition) is 1. The molecule has 0 amide bonds. The van der Waals surface area contributed by atoms with Gasteiger partial charge in [0.1, 0.15) is 0 Å². The highest BCUT2D eigenvalue weighted by atomic mass is 19.2. The van der Waals surface area contributed by atoms with Crippen molar-refractivity contribution in [1.29, 1.82) is 0 Å². The van der Waals surface area contributed by atoms with Crippen LogP contribution < -0.4 is 0 Å². The largest absolute Gasteiger partial charge is 0.478 e. The van der Waals surface area contributed by atoms with Crippen LogP contribution in [0.1, 0.15) is 18.9 Å². The molecule has 0 aliphatic rings. The quantitative estimate of drug-likeness (QED) is 0.647. The molecule has 4 nitrogen and oxygen atoms in total. The van der Waals surface area contributed by atoms with Gasteiger partial charge in [-0.05, 0) is 30.7 Å². The molecule has 0 spiro atoms. The van der Waals surface area contributed by atoms with Crippen molar-refractivity contribution in [3.8, 4) is 0 Å². The molecule has 1 rings (SSSR count). The zero-order valence-corrected chi connectivity index (χ0v) is 11.4. The number of carbonyl (C=O) groups is 2. The molecule has 0 fully saturated rings. The minimum absolute atomic E-state index is 0.0622. The van der Waals surface area contributed by atoms with Crippen molar-refractivity contribution >= 4 is 18.0 Å². The lowest BCUT2D eigenvalue weighted by Crippen LogP contribution is -2.09. The SMILES string of the molecule is C=C(C)C(=O)OCCC(=Cc1ccc(F)c(F)c1)C(=O)O. The summed E-state index contributed by atoms with van der Waals surface area (Å²) in [5.41, 5.74) is 0.324. The molecule has 0 saturated heterocycles. The van der Waals surface area contributed by atoms with E-state index in [1.165, 1.54) is 19.1 Å². The van der Waals surface area contributed by atoms with Gasteiger partial charge in [-0.1, -0.05) is 12.6 Å². The molecule has 1 N–H and O–H groups in total. The summed E-state index contributed by atoms with van der Waals surface area (Å²) in [4.78, 5) is 22.2. The van der Waals surface area contributed by atoms with Crippen molar-refractivity contribution in [3.63, 3.8) is 0 Å². The van der Waals surface area contributed by atoms with E-state index in [0.29, 0.717) is 0 Å². The highest BCUT2D eigenvalue weighted by molar-refractivity contribution is 5.92. The molecule has 0 heterocycles. The summed E-state index contributed by atoms with van der Waals surface area (Å²) in [5.74, 6) is -3.93. The summed E-state index contributed by atoms with van der Waals surface area (Å²) < 4.78 is 30.6. The third kappa shape index (κ3) is 5.18. The first kappa shape index (κ1) is 16.6. The minimum atomic E-state index is -1.23. The number of benzene rings is 1. The van der Waals surface area contributed by atoms with E-state index in [0.717, 1.165) is 12.1 Å². The monoisotopic (exact) mass is 296 g/mol. The molecule has 0 atom stereocenters. The Morgan fingerprint density at radius 3 is 2.52 bits per heavy atom. The number of carboxylic acid groups (broad SMARTS) is 1. The van der Waals surface area contributed by atoms with Crippen LogP contribution in [0.4, 0.5) is 8.78 Å². The molecule has 1 aromatic rings. The van der Waals surface area contributed by atoms with Gasteiger partial charge in [-0.3, -0.25) is 0 Å². The predicted molar refractivity (Wildman–Crippen MR) is 72.4 cm³/mol. The molecule has 0 bridgehead atoms. The Bertz CT molecular complexity index is 606. The Hall–Kier alpha value is -2.50. The number of carbonyl (C=O) groups excluding carboxylic acids is 1. The molecule has 6 heteroatoms. The first-order valence-electron chi connectivity index (χ1n) is 6.03. The Kier molecular flexibility index (Phi) is 5.78. The number of rotatable bonds is 6. The molecule has 1 aromatic carbocycles. The zero-order valence-electron chi connectivity index (χ0n) is 11.4. The van der Waals surface area contributed by atoms with E-state index >= 15 is 0 Å². The van der Waals surface area contributed by atoms with E-state index in [1.54, 1.807) is 0 Å². The molecule has 0 aromatic heterocycles.